The topological polar surface area (TPSA) is 83.2 Å². The van der Waals surface area contributed by atoms with Crippen LogP contribution in [0.15, 0.2) is 72.8 Å². The number of anilines is 1. The zero-order chi connectivity index (χ0) is 21.8. The predicted octanol–water partition coefficient (Wildman–Crippen LogP) is 4.50. The van der Waals surface area contributed by atoms with Gasteiger partial charge < -0.3 is 20.4 Å². The molecule has 1 heterocycles. The molecule has 4 aromatic rings. The third-order valence-corrected chi connectivity index (χ3v) is 4.85. The highest BCUT2D eigenvalue weighted by Crippen LogP contribution is 2.20. The lowest BCUT2D eigenvalue weighted by Crippen LogP contribution is -2.25. The van der Waals surface area contributed by atoms with Gasteiger partial charge >= 0.3 is 0 Å². The zero-order valence-electron chi connectivity index (χ0n) is 16.7. The van der Waals surface area contributed by atoms with E-state index >= 15 is 0 Å². The molecule has 0 bridgehead atoms. The van der Waals surface area contributed by atoms with Gasteiger partial charge in [-0.05, 0) is 60.0 Å². The lowest BCUT2D eigenvalue weighted by molar-refractivity contribution is 0.0951. The van der Waals surface area contributed by atoms with Gasteiger partial charge in [0.25, 0.3) is 11.8 Å². The summed E-state index contributed by atoms with van der Waals surface area (Å²) in [6, 6.07) is 19.9. The van der Waals surface area contributed by atoms with Crippen molar-refractivity contribution in [2.24, 2.45) is 0 Å². The second-order valence-corrected chi connectivity index (χ2v) is 6.94. The number of ether oxygens (including phenoxy) is 1. The monoisotopic (exact) mass is 417 g/mol. The first-order valence-corrected chi connectivity index (χ1v) is 9.63. The molecule has 0 aliphatic carbocycles. The molecule has 0 aliphatic rings. The van der Waals surface area contributed by atoms with E-state index in [1.54, 1.807) is 24.3 Å². The van der Waals surface area contributed by atoms with E-state index < -0.39 is 17.6 Å². The van der Waals surface area contributed by atoms with Gasteiger partial charge in [-0.2, -0.15) is 0 Å². The molecule has 31 heavy (non-hydrogen) atoms. The highest BCUT2D eigenvalue weighted by molar-refractivity contribution is 6.09. The molecule has 2 amide bonds. The molecule has 0 saturated carbocycles. The van der Waals surface area contributed by atoms with E-state index in [9.17, 15) is 14.0 Å². The Kier molecular flexibility index (Phi) is 5.66. The van der Waals surface area contributed by atoms with Crippen molar-refractivity contribution in [1.29, 1.82) is 0 Å². The summed E-state index contributed by atoms with van der Waals surface area (Å²) >= 11 is 0. The first-order chi connectivity index (χ1) is 15.0. The molecule has 156 valence electrons. The number of hydrogen-bond acceptors (Lipinski definition) is 3. The van der Waals surface area contributed by atoms with E-state index in [1.807, 2.05) is 30.3 Å². The van der Waals surface area contributed by atoms with Gasteiger partial charge in [0.1, 0.15) is 11.6 Å². The van der Waals surface area contributed by atoms with Crippen LogP contribution in [0.4, 0.5) is 10.1 Å². The van der Waals surface area contributed by atoms with E-state index in [4.69, 9.17) is 4.74 Å². The third-order valence-electron chi connectivity index (χ3n) is 4.85. The molecule has 0 fully saturated rings. The third kappa shape index (κ3) is 4.56. The Morgan fingerprint density at radius 3 is 2.48 bits per heavy atom. The number of carbonyl (C=O) groups excluding carboxylic acids is 2. The van der Waals surface area contributed by atoms with Crippen molar-refractivity contribution in [2.45, 2.75) is 6.54 Å². The zero-order valence-corrected chi connectivity index (χ0v) is 16.7. The maximum Gasteiger partial charge on any atom is 0.255 e. The standard InChI is InChI=1S/C24H20FN3O3/c1-31-19-9-6-15(7-10-19)23(29)28-22-13-17(25)8-11-20(22)24(30)26-14-18-12-16-4-2-3-5-21(16)27-18/h2-13,27H,14H2,1H3,(H,26,30)(H,28,29). The summed E-state index contributed by atoms with van der Waals surface area (Å²) < 4.78 is 18.9. The minimum Gasteiger partial charge on any atom is -0.497 e. The molecule has 3 N–H and O–H groups in total. The summed E-state index contributed by atoms with van der Waals surface area (Å²) in [6.45, 7) is 0.261. The second kappa shape index (κ2) is 8.71. The number of para-hydroxylation sites is 1. The summed E-state index contributed by atoms with van der Waals surface area (Å²) in [7, 11) is 1.53. The van der Waals surface area contributed by atoms with Crippen molar-refractivity contribution in [3.05, 3.63) is 95.4 Å². The second-order valence-electron chi connectivity index (χ2n) is 6.94. The van der Waals surface area contributed by atoms with E-state index in [-0.39, 0.29) is 17.8 Å². The number of amides is 2. The van der Waals surface area contributed by atoms with Gasteiger partial charge in [-0.25, -0.2) is 4.39 Å². The molecule has 1 aromatic heterocycles. The number of H-pyrrole nitrogens is 1. The van der Waals surface area contributed by atoms with Gasteiger partial charge in [0.15, 0.2) is 0 Å². The number of fused-ring (bicyclic) bond motifs is 1. The molecule has 0 spiro atoms. The van der Waals surface area contributed by atoms with Gasteiger partial charge in [0.05, 0.1) is 24.9 Å². The summed E-state index contributed by atoms with van der Waals surface area (Å²) in [5, 5.41) is 6.46. The Morgan fingerprint density at radius 2 is 1.74 bits per heavy atom. The summed E-state index contributed by atoms with van der Waals surface area (Å²) in [5.41, 5.74) is 2.42. The molecule has 0 radical (unpaired) electrons. The molecule has 7 heteroatoms. The lowest BCUT2D eigenvalue weighted by atomic mass is 10.1. The predicted molar refractivity (Wildman–Crippen MR) is 117 cm³/mol. The van der Waals surface area contributed by atoms with Gasteiger partial charge in [-0.15, -0.1) is 0 Å². The van der Waals surface area contributed by atoms with Gasteiger partial charge in [-0.1, -0.05) is 18.2 Å². The van der Waals surface area contributed by atoms with Gasteiger partial charge in [0.2, 0.25) is 0 Å². The molecule has 0 atom stereocenters. The van der Waals surface area contributed by atoms with E-state index in [1.165, 1.54) is 19.2 Å². The molecular weight excluding hydrogens is 397 g/mol. The normalized spacial score (nSPS) is 10.6. The first kappa shape index (κ1) is 20.2. The van der Waals surface area contributed by atoms with Crippen LogP contribution in [-0.2, 0) is 6.54 Å². The number of aromatic amines is 1. The van der Waals surface area contributed by atoms with Crippen molar-refractivity contribution in [2.75, 3.05) is 12.4 Å². The van der Waals surface area contributed by atoms with Crippen molar-refractivity contribution in [3.8, 4) is 5.75 Å². The number of rotatable bonds is 6. The van der Waals surface area contributed by atoms with Crippen molar-refractivity contribution in [3.63, 3.8) is 0 Å². The Bertz CT molecular complexity index is 1220. The molecule has 4 rings (SSSR count). The number of halogens is 1. The number of aromatic nitrogens is 1. The van der Waals surface area contributed by atoms with Crippen LogP contribution in [0.5, 0.6) is 5.75 Å². The smallest absolute Gasteiger partial charge is 0.255 e. The largest absolute Gasteiger partial charge is 0.497 e. The van der Waals surface area contributed by atoms with Crippen molar-refractivity contribution < 1.29 is 18.7 Å². The maximum atomic E-state index is 13.8. The molecule has 3 aromatic carbocycles. The Hall–Kier alpha value is -4.13. The Morgan fingerprint density at radius 1 is 0.968 bits per heavy atom. The molecule has 0 aliphatic heterocycles. The fourth-order valence-corrected chi connectivity index (χ4v) is 3.25. The lowest BCUT2D eigenvalue weighted by Gasteiger charge is -2.12. The summed E-state index contributed by atoms with van der Waals surface area (Å²) in [4.78, 5) is 28.6. The molecular formula is C24H20FN3O3. The number of carbonyl (C=O) groups is 2. The highest BCUT2D eigenvalue weighted by atomic mass is 19.1. The van der Waals surface area contributed by atoms with E-state index in [0.717, 1.165) is 22.7 Å². The number of nitrogens with one attached hydrogen (secondary N) is 3. The van der Waals surface area contributed by atoms with Crippen LogP contribution < -0.4 is 15.4 Å². The van der Waals surface area contributed by atoms with E-state index in [2.05, 4.69) is 15.6 Å². The van der Waals surface area contributed by atoms with Crippen LogP contribution in [0.3, 0.4) is 0 Å². The van der Waals surface area contributed by atoms with Crippen molar-refractivity contribution >= 4 is 28.4 Å². The van der Waals surface area contributed by atoms with Crippen molar-refractivity contribution in [1.82, 2.24) is 10.3 Å². The molecule has 0 unspecified atom stereocenters. The SMILES string of the molecule is COc1ccc(C(=O)Nc2cc(F)ccc2C(=O)NCc2cc3ccccc3[nH]2)cc1. The van der Waals surface area contributed by atoms with Crippen LogP contribution in [-0.4, -0.2) is 23.9 Å². The van der Waals surface area contributed by atoms with Crippen LogP contribution in [0, 0.1) is 5.82 Å². The fraction of sp³-hybridized carbons (Fsp3) is 0.0833. The fourth-order valence-electron chi connectivity index (χ4n) is 3.25. The van der Waals surface area contributed by atoms with Gasteiger partial charge in [-0.3, -0.25) is 9.59 Å². The number of benzene rings is 3. The Balaban J connectivity index is 1.49. The average molecular weight is 417 g/mol. The van der Waals surface area contributed by atoms with Gasteiger partial charge in [0, 0.05) is 16.8 Å². The minimum absolute atomic E-state index is 0.0926. The van der Waals surface area contributed by atoms with Crippen LogP contribution in [0.2, 0.25) is 0 Å². The quantitative estimate of drug-likeness (QED) is 0.432. The first-order valence-electron chi connectivity index (χ1n) is 9.63. The maximum absolute atomic E-state index is 13.8. The number of methoxy groups -OCH3 is 1. The number of hydrogen-bond donors (Lipinski definition) is 3. The Labute approximate surface area is 178 Å². The van der Waals surface area contributed by atoms with Crippen LogP contribution in [0.25, 0.3) is 10.9 Å². The van der Waals surface area contributed by atoms with Crippen LogP contribution in [0.1, 0.15) is 26.4 Å². The highest BCUT2D eigenvalue weighted by Gasteiger charge is 2.16. The van der Waals surface area contributed by atoms with Crippen LogP contribution >= 0.6 is 0 Å². The molecule has 6 nitrogen and oxygen atoms in total. The molecule has 0 saturated heterocycles. The minimum atomic E-state index is -0.558. The average Bonchev–Trinajstić information content (AvgIpc) is 3.20. The summed E-state index contributed by atoms with van der Waals surface area (Å²) in [5.74, 6) is -0.835. The summed E-state index contributed by atoms with van der Waals surface area (Å²) in [6.07, 6.45) is 0. The van der Waals surface area contributed by atoms with E-state index in [0.29, 0.717) is 11.3 Å².